The van der Waals surface area contributed by atoms with Crippen LogP contribution in [-0.4, -0.2) is 55.9 Å². The number of anilines is 1. The number of hydroxylamine groups is 2. The number of aromatic nitrogens is 2. The van der Waals surface area contributed by atoms with Gasteiger partial charge in [0.2, 0.25) is 11.8 Å². The van der Waals surface area contributed by atoms with Crippen LogP contribution < -0.4 is 9.64 Å². The number of nitrogens with zero attached hydrogens (tertiary/aromatic N) is 4. The highest BCUT2D eigenvalue weighted by Gasteiger charge is 2.68. The van der Waals surface area contributed by atoms with Crippen molar-refractivity contribution in [1.82, 2.24) is 14.8 Å². The molecule has 4 amide bonds. The Kier molecular flexibility index (Phi) is 6.73. The van der Waals surface area contributed by atoms with E-state index in [1.54, 1.807) is 43.5 Å². The average molecular weight is 687 g/mol. The van der Waals surface area contributed by atoms with Gasteiger partial charge in [0.1, 0.15) is 23.0 Å². The Labute approximate surface area is 283 Å². The standard InChI is InChI=1S/C35H31ClN4O7S/c1-15-21-11-16(36)5-10-26(21)48-30(15)24-14-27(38(3)37-24)39-32(43)23-13-22-18(8-9-20-28(22)33(44)40(46)31(20)42)29(35(23,2)34(39)45)19-7-6-17(47-4)12-25(19)41/h5-8,10-12,14,20,22-23,28-29,41,46H,9,13H2,1-4H3/t20-,22+,23-,28-,29+,35+/m0/s1. The van der Waals surface area contributed by atoms with Crippen LogP contribution in [0.4, 0.5) is 5.82 Å². The molecule has 4 aromatic rings. The van der Waals surface area contributed by atoms with Gasteiger partial charge in [0.05, 0.1) is 35.2 Å². The van der Waals surface area contributed by atoms with Crippen LogP contribution in [0.25, 0.3) is 20.7 Å². The SMILES string of the molecule is COc1ccc([C@H]2C3=CC[C@@H]4C(=O)N(O)C(=O)[C@@H]4[C@@H]3C[C@H]3C(=O)N(c4cc(-c5sc6ccc(Cl)cc6c5C)nn4C)C(=O)[C@@]23C)c(O)c1. The number of carbonyl (C=O) groups is 4. The number of thiophene rings is 1. The molecular weight excluding hydrogens is 656 g/mol. The maximum absolute atomic E-state index is 14.9. The Morgan fingerprint density at radius 2 is 1.81 bits per heavy atom. The molecule has 1 saturated carbocycles. The van der Waals surface area contributed by atoms with E-state index in [9.17, 15) is 29.5 Å². The Balaban J connectivity index is 1.26. The molecule has 48 heavy (non-hydrogen) atoms. The molecule has 2 N–H and O–H groups in total. The zero-order valence-electron chi connectivity index (χ0n) is 26.4. The number of hydrogen-bond donors (Lipinski definition) is 2. The van der Waals surface area contributed by atoms with Gasteiger partial charge in [0, 0.05) is 40.4 Å². The van der Waals surface area contributed by atoms with Gasteiger partial charge < -0.3 is 9.84 Å². The van der Waals surface area contributed by atoms with E-state index in [0.717, 1.165) is 20.5 Å². The highest BCUT2D eigenvalue weighted by atomic mass is 35.5. The Morgan fingerprint density at radius 1 is 1.04 bits per heavy atom. The van der Waals surface area contributed by atoms with Crippen molar-refractivity contribution in [3.63, 3.8) is 0 Å². The van der Waals surface area contributed by atoms with Gasteiger partial charge in [-0.3, -0.25) is 29.1 Å². The molecule has 4 heterocycles. The second kappa shape index (κ2) is 10.5. The number of aryl methyl sites for hydroxylation is 2. The largest absolute Gasteiger partial charge is 0.508 e. The summed E-state index contributed by atoms with van der Waals surface area (Å²) in [6, 6.07) is 12.2. The van der Waals surface area contributed by atoms with Crippen LogP contribution >= 0.6 is 22.9 Å². The van der Waals surface area contributed by atoms with Gasteiger partial charge >= 0.3 is 0 Å². The number of benzene rings is 2. The maximum Gasteiger partial charge on any atom is 0.257 e. The van der Waals surface area contributed by atoms with E-state index in [1.165, 1.54) is 22.8 Å². The van der Waals surface area contributed by atoms with Crippen LogP contribution in [0.2, 0.25) is 5.02 Å². The lowest BCUT2D eigenvalue weighted by Crippen LogP contribution is -2.48. The van der Waals surface area contributed by atoms with Crippen molar-refractivity contribution in [1.29, 1.82) is 0 Å². The second-order valence-electron chi connectivity index (χ2n) is 13.3. The third kappa shape index (κ3) is 3.99. The van der Waals surface area contributed by atoms with Crippen molar-refractivity contribution in [2.45, 2.75) is 32.6 Å². The first-order chi connectivity index (χ1) is 22.9. The summed E-state index contributed by atoms with van der Waals surface area (Å²) >= 11 is 7.82. The van der Waals surface area contributed by atoms with Crippen LogP contribution in [0.5, 0.6) is 11.5 Å². The number of carbonyl (C=O) groups excluding carboxylic acids is 4. The molecule has 13 heteroatoms. The number of fused-ring (bicyclic) bond motifs is 5. The van der Waals surface area contributed by atoms with E-state index < -0.39 is 58.6 Å². The lowest BCUT2D eigenvalue weighted by molar-refractivity contribution is -0.173. The lowest BCUT2D eigenvalue weighted by atomic mass is 9.51. The predicted molar refractivity (Wildman–Crippen MR) is 177 cm³/mol. The summed E-state index contributed by atoms with van der Waals surface area (Å²) in [5.41, 5.74) is 1.32. The van der Waals surface area contributed by atoms with Gasteiger partial charge in [-0.25, -0.2) is 4.90 Å². The van der Waals surface area contributed by atoms with Gasteiger partial charge in [0.25, 0.3) is 11.8 Å². The molecule has 6 atom stereocenters. The number of amides is 4. The fraction of sp³-hybridized carbons (Fsp3) is 0.343. The summed E-state index contributed by atoms with van der Waals surface area (Å²) < 4.78 is 7.87. The summed E-state index contributed by atoms with van der Waals surface area (Å²) in [7, 11) is 3.16. The first-order valence-electron chi connectivity index (χ1n) is 15.6. The number of halogens is 1. The summed E-state index contributed by atoms with van der Waals surface area (Å²) in [5, 5.41) is 28.2. The van der Waals surface area contributed by atoms with Gasteiger partial charge in [-0.1, -0.05) is 29.3 Å². The smallest absolute Gasteiger partial charge is 0.257 e. The van der Waals surface area contributed by atoms with Crippen molar-refractivity contribution >= 4 is 62.5 Å². The summed E-state index contributed by atoms with van der Waals surface area (Å²) in [4.78, 5) is 57.6. The minimum Gasteiger partial charge on any atom is -0.508 e. The molecule has 0 radical (unpaired) electrons. The molecule has 4 aliphatic rings. The van der Waals surface area contributed by atoms with Crippen LogP contribution in [0.1, 0.15) is 36.8 Å². The second-order valence-corrected chi connectivity index (χ2v) is 14.8. The third-order valence-corrected chi connectivity index (χ3v) is 12.5. The van der Waals surface area contributed by atoms with E-state index in [0.29, 0.717) is 33.4 Å². The normalized spacial score (nSPS) is 28.2. The van der Waals surface area contributed by atoms with Gasteiger partial charge in [-0.2, -0.15) is 10.2 Å². The molecule has 11 nitrogen and oxygen atoms in total. The van der Waals surface area contributed by atoms with Crippen LogP contribution in [0.15, 0.2) is 54.1 Å². The number of allylic oxidation sites excluding steroid dienone is 2. The minimum absolute atomic E-state index is 0.117. The molecule has 2 saturated heterocycles. The number of ether oxygens (including phenoxy) is 1. The van der Waals surface area contributed by atoms with E-state index in [4.69, 9.17) is 21.4 Å². The van der Waals surface area contributed by atoms with E-state index in [-0.39, 0.29) is 23.7 Å². The Morgan fingerprint density at radius 3 is 2.54 bits per heavy atom. The van der Waals surface area contributed by atoms with Crippen LogP contribution in [-0.2, 0) is 26.2 Å². The molecule has 3 fully saturated rings. The predicted octanol–water partition coefficient (Wildman–Crippen LogP) is 5.60. The Bertz CT molecular complexity index is 2150. The van der Waals surface area contributed by atoms with Crippen molar-refractivity contribution in [3.05, 3.63) is 70.3 Å². The first kappa shape index (κ1) is 30.8. The van der Waals surface area contributed by atoms with Crippen molar-refractivity contribution in [3.8, 4) is 22.1 Å². The van der Waals surface area contributed by atoms with E-state index >= 15 is 0 Å². The van der Waals surface area contributed by atoms with Crippen LogP contribution in [0.3, 0.4) is 0 Å². The maximum atomic E-state index is 14.9. The molecule has 8 rings (SSSR count). The molecule has 2 aliphatic heterocycles. The van der Waals surface area contributed by atoms with Gasteiger partial charge in [-0.05, 0) is 67.8 Å². The molecule has 2 aromatic heterocycles. The minimum atomic E-state index is -1.36. The van der Waals surface area contributed by atoms with E-state index in [1.807, 2.05) is 31.2 Å². The quantitative estimate of drug-likeness (QED) is 0.161. The fourth-order valence-corrected chi connectivity index (χ4v) is 9.99. The lowest BCUT2D eigenvalue weighted by Gasteiger charge is -2.49. The highest BCUT2D eigenvalue weighted by molar-refractivity contribution is 7.22. The number of methoxy groups -OCH3 is 1. The topological polar surface area (TPSA) is 142 Å². The zero-order chi connectivity index (χ0) is 34.0. The number of phenolic OH excluding ortho intramolecular Hbond substituents is 1. The first-order valence-corrected chi connectivity index (χ1v) is 16.8. The number of aromatic hydroxyl groups is 1. The Hall–Kier alpha value is -4.52. The third-order valence-electron chi connectivity index (χ3n) is 11.0. The number of rotatable bonds is 4. The van der Waals surface area contributed by atoms with Crippen molar-refractivity contribution in [2.75, 3.05) is 12.0 Å². The molecule has 2 aliphatic carbocycles. The monoisotopic (exact) mass is 686 g/mol. The summed E-state index contributed by atoms with van der Waals surface area (Å²) in [6.45, 7) is 3.73. The van der Waals surface area contributed by atoms with Crippen LogP contribution in [0, 0.1) is 36.0 Å². The average Bonchev–Trinajstić information content (AvgIpc) is 3.72. The number of imide groups is 2. The van der Waals surface area contributed by atoms with Gasteiger partial charge in [-0.15, -0.1) is 11.3 Å². The molecule has 0 bridgehead atoms. The summed E-state index contributed by atoms with van der Waals surface area (Å²) in [6.07, 6.45) is 2.15. The molecule has 0 spiro atoms. The van der Waals surface area contributed by atoms with E-state index in [2.05, 4.69) is 0 Å². The number of phenols is 1. The van der Waals surface area contributed by atoms with Crippen molar-refractivity contribution in [2.24, 2.45) is 36.1 Å². The summed E-state index contributed by atoms with van der Waals surface area (Å²) in [5.74, 6) is -5.70. The fourth-order valence-electron chi connectivity index (χ4n) is 8.67. The molecule has 0 unspecified atom stereocenters. The highest BCUT2D eigenvalue weighted by Crippen LogP contribution is 2.64. The van der Waals surface area contributed by atoms with Gasteiger partial charge in [0.15, 0.2) is 0 Å². The molecule has 246 valence electrons. The zero-order valence-corrected chi connectivity index (χ0v) is 28.0. The molecular formula is C35H31ClN4O7S. The number of hydrogen-bond acceptors (Lipinski definition) is 9. The van der Waals surface area contributed by atoms with Crippen molar-refractivity contribution < 1.29 is 34.2 Å². The molecule has 2 aromatic carbocycles.